The fourth-order valence-corrected chi connectivity index (χ4v) is 2.59. The van der Waals surface area contributed by atoms with E-state index in [-0.39, 0.29) is 5.69 Å². The molecular weight excluding hydrogens is 324 g/mol. The van der Waals surface area contributed by atoms with Crippen LogP contribution in [0.3, 0.4) is 0 Å². The fraction of sp³-hybridized carbons (Fsp3) is 0.389. The highest BCUT2D eigenvalue weighted by Crippen LogP contribution is 2.22. The van der Waals surface area contributed by atoms with Gasteiger partial charge in [-0.1, -0.05) is 19.4 Å². The van der Waals surface area contributed by atoms with Gasteiger partial charge in [0.05, 0.1) is 20.4 Å². The van der Waals surface area contributed by atoms with Gasteiger partial charge in [-0.25, -0.2) is 14.6 Å². The van der Waals surface area contributed by atoms with Crippen LogP contribution >= 0.6 is 0 Å². The van der Waals surface area contributed by atoms with E-state index in [0.717, 1.165) is 24.2 Å². The fourth-order valence-electron chi connectivity index (χ4n) is 2.59. The number of methoxy groups -OCH3 is 2. The van der Waals surface area contributed by atoms with Crippen LogP contribution in [0.1, 0.15) is 52.0 Å². The van der Waals surface area contributed by atoms with Gasteiger partial charge in [0.1, 0.15) is 22.8 Å². The van der Waals surface area contributed by atoms with Crippen LogP contribution in [-0.4, -0.2) is 40.8 Å². The maximum Gasteiger partial charge on any atom is 0.354 e. The molecule has 0 aliphatic carbocycles. The average molecular weight is 346 g/mol. The van der Waals surface area contributed by atoms with Crippen molar-refractivity contribution < 1.29 is 24.2 Å². The van der Waals surface area contributed by atoms with Crippen LogP contribution in [0.4, 0.5) is 0 Å². The monoisotopic (exact) mass is 346 g/mol. The maximum absolute atomic E-state index is 11.7. The number of imidazole rings is 1. The zero-order chi connectivity index (χ0) is 18.4. The van der Waals surface area contributed by atoms with Gasteiger partial charge in [0, 0.05) is 13.0 Å². The Morgan fingerprint density at radius 3 is 2.64 bits per heavy atom. The van der Waals surface area contributed by atoms with Crippen molar-refractivity contribution >= 4 is 11.9 Å². The lowest BCUT2D eigenvalue weighted by molar-refractivity contribution is 0.0596. The Hall–Kier alpha value is -2.83. The molecule has 1 aromatic carbocycles. The molecule has 2 rings (SSSR count). The number of hydrogen-bond acceptors (Lipinski definition) is 5. The molecule has 1 N–H and O–H groups in total. The second kappa shape index (κ2) is 8.32. The Morgan fingerprint density at radius 1 is 1.28 bits per heavy atom. The summed E-state index contributed by atoms with van der Waals surface area (Å²) in [5.74, 6) is -0.388. The van der Waals surface area contributed by atoms with E-state index in [4.69, 9.17) is 9.47 Å². The average Bonchev–Trinajstić information content (AvgIpc) is 3.01. The highest BCUT2D eigenvalue weighted by atomic mass is 16.5. The van der Waals surface area contributed by atoms with Gasteiger partial charge in [-0.2, -0.15) is 0 Å². The van der Waals surface area contributed by atoms with Crippen molar-refractivity contribution in [2.24, 2.45) is 0 Å². The van der Waals surface area contributed by atoms with Gasteiger partial charge >= 0.3 is 11.9 Å². The van der Waals surface area contributed by atoms with Crippen molar-refractivity contribution in [1.29, 1.82) is 0 Å². The molecule has 134 valence electrons. The van der Waals surface area contributed by atoms with Crippen molar-refractivity contribution in [3.8, 4) is 5.75 Å². The van der Waals surface area contributed by atoms with Crippen LogP contribution in [0.25, 0.3) is 0 Å². The molecular formula is C18H22N2O5. The number of rotatable bonds is 8. The molecule has 7 nitrogen and oxygen atoms in total. The number of nitrogens with zero attached hydrogens (tertiary/aromatic N) is 2. The van der Waals surface area contributed by atoms with E-state index in [1.165, 1.54) is 20.4 Å². The van der Waals surface area contributed by atoms with E-state index in [2.05, 4.69) is 11.9 Å². The van der Waals surface area contributed by atoms with E-state index in [9.17, 15) is 14.7 Å². The molecule has 0 bridgehead atoms. The Morgan fingerprint density at radius 2 is 2.04 bits per heavy atom. The van der Waals surface area contributed by atoms with Crippen molar-refractivity contribution in [3.05, 3.63) is 47.0 Å². The molecule has 0 amide bonds. The summed E-state index contributed by atoms with van der Waals surface area (Å²) in [7, 11) is 2.78. The zero-order valence-electron chi connectivity index (χ0n) is 14.6. The first-order valence-corrected chi connectivity index (χ1v) is 8.04. The number of esters is 1. The Labute approximate surface area is 146 Å². The predicted octanol–water partition coefficient (Wildman–Crippen LogP) is 2.77. The topological polar surface area (TPSA) is 90.7 Å². The number of carbonyl (C=O) groups excluding carboxylic acids is 1. The van der Waals surface area contributed by atoms with Crippen LogP contribution in [0, 0.1) is 0 Å². The van der Waals surface area contributed by atoms with Crippen molar-refractivity contribution in [1.82, 2.24) is 9.55 Å². The van der Waals surface area contributed by atoms with E-state index in [0.29, 0.717) is 24.3 Å². The molecule has 0 saturated carbocycles. The molecule has 7 heteroatoms. The summed E-state index contributed by atoms with van der Waals surface area (Å²) >= 11 is 0. The van der Waals surface area contributed by atoms with E-state index in [1.54, 1.807) is 22.8 Å². The SMILES string of the molecule is CCCCc1ncc(C(=O)O)n1Cc1ccc(C(=O)OC)c(OC)c1. The first-order valence-electron chi connectivity index (χ1n) is 8.04. The molecule has 25 heavy (non-hydrogen) atoms. The number of unbranched alkanes of at least 4 members (excludes halogenated alkanes) is 1. The minimum Gasteiger partial charge on any atom is -0.496 e. The van der Waals surface area contributed by atoms with Gasteiger partial charge in [0.15, 0.2) is 0 Å². The molecule has 0 fully saturated rings. The second-order valence-electron chi connectivity index (χ2n) is 5.58. The first kappa shape index (κ1) is 18.5. The number of carboxylic acid groups (broad SMARTS) is 1. The summed E-state index contributed by atoms with van der Waals surface area (Å²) < 4.78 is 11.7. The molecule has 1 heterocycles. The third-order valence-electron chi connectivity index (χ3n) is 3.92. The zero-order valence-corrected chi connectivity index (χ0v) is 14.6. The molecule has 1 aromatic heterocycles. The van der Waals surface area contributed by atoms with Crippen molar-refractivity contribution in [2.45, 2.75) is 32.7 Å². The summed E-state index contributed by atoms with van der Waals surface area (Å²) in [5.41, 5.74) is 1.27. The Kier molecular flexibility index (Phi) is 6.16. The number of hydrogen-bond donors (Lipinski definition) is 1. The molecule has 0 atom stereocenters. The number of ether oxygens (including phenoxy) is 2. The number of aromatic carboxylic acids is 1. The lowest BCUT2D eigenvalue weighted by Gasteiger charge is -2.13. The molecule has 2 aromatic rings. The molecule has 0 unspecified atom stereocenters. The third-order valence-corrected chi connectivity index (χ3v) is 3.92. The minimum absolute atomic E-state index is 0.141. The van der Waals surface area contributed by atoms with Crippen molar-refractivity contribution in [2.75, 3.05) is 14.2 Å². The van der Waals surface area contributed by atoms with Gasteiger partial charge in [-0.05, 0) is 24.1 Å². The van der Waals surface area contributed by atoms with E-state index >= 15 is 0 Å². The molecule has 0 radical (unpaired) electrons. The van der Waals surface area contributed by atoms with Crippen LogP contribution < -0.4 is 4.74 Å². The number of benzene rings is 1. The summed E-state index contributed by atoms with van der Waals surface area (Å²) in [5, 5.41) is 9.39. The smallest absolute Gasteiger partial charge is 0.354 e. The van der Waals surface area contributed by atoms with Gasteiger partial charge in [-0.15, -0.1) is 0 Å². The quantitative estimate of drug-likeness (QED) is 0.739. The lowest BCUT2D eigenvalue weighted by atomic mass is 10.1. The third kappa shape index (κ3) is 4.17. The van der Waals surface area contributed by atoms with Gasteiger partial charge in [0.25, 0.3) is 0 Å². The molecule has 0 aliphatic rings. The Balaban J connectivity index is 2.37. The normalized spacial score (nSPS) is 10.5. The highest BCUT2D eigenvalue weighted by molar-refractivity contribution is 5.92. The maximum atomic E-state index is 11.7. The minimum atomic E-state index is -1.02. The van der Waals surface area contributed by atoms with Crippen LogP contribution in [0.2, 0.25) is 0 Å². The van der Waals surface area contributed by atoms with E-state index < -0.39 is 11.9 Å². The van der Waals surface area contributed by atoms with Crippen LogP contribution in [0.5, 0.6) is 5.75 Å². The summed E-state index contributed by atoms with van der Waals surface area (Å²) in [6.45, 7) is 2.40. The number of aromatic nitrogens is 2. The largest absolute Gasteiger partial charge is 0.496 e. The van der Waals surface area contributed by atoms with Crippen molar-refractivity contribution in [3.63, 3.8) is 0 Å². The number of carbonyl (C=O) groups is 2. The molecule has 0 saturated heterocycles. The predicted molar refractivity (Wildman–Crippen MR) is 91.2 cm³/mol. The van der Waals surface area contributed by atoms with Gasteiger partial charge in [-0.3, -0.25) is 0 Å². The second-order valence-corrected chi connectivity index (χ2v) is 5.58. The lowest BCUT2D eigenvalue weighted by Crippen LogP contribution is -2.13. The highest BCUT2D eigenvalue weighted by Gasteiger charge is 2.17. The first-order chi connectivity index (χ1) is 12.0. The van der Waals surface area contributed by atoms with E-state index in [1.807, 2.05) is 0 Å². The standard InChI is InChI=1S/C18H22N2O5/c1-4-5-6-16-19-10-14(17(21)22)20(16)11-12-7-8-13(18(23)25-3)15(9-12)24-2/h7-10H,4-6,11H2,1-3H3,(H,21,22). The van der Waals surface area contributed by atoms with Crippen LogP contribution in [-0.2, 0) is 17.7 Å². The Bertz CT molecular complexity index is 767. The van der Waals surface area contributed by atoms with Crippen LogP contribution in [0.15, 0.2) is 24.4 Å². The summed E-state index contributed by atoms with van der Waals surface area (Å²) in [6.07, 6.45) is 4.02. The van der Waals surface area contributed by atoms with Gasteiger partial charge < -0.3 is 19.1 Å². The summed E-state index contributed by atoms with van der Waals surface area (Å²) in [6, 6.07) is 5.08. The number of aryl methyl sites for hydroxylation is 1. The van der Waals surface area contributed by atoms with Gasteiger partial charge in [0.2, 0.25) is 0 Å². The molecule has 0 spiro atoms. The summed E-state index contributed by atoms with van der Waals surface area (Å²) in [4.78, 5) is 27.4. The molecule has 0 aliphatic heterocycles. The number of carboxylic acids is 1.